The topological polar surface area (TPSA) is 74.8 Å². The van der Waals surface area contributed by atoms with Gasteiger partial charge in [-0.15, -0.1) is 11.3 Å². The van der Waals surface area contributed by atoms with Crippen LogP contribution in [0.4, 0.5) is 0 Å². The maximum Gasteiger partial charge on any atom is 0.270 e. The Balaban J connectivity index is 1.21. The van der Waals surface area contributed by atoms with Crippen LogP contribution in [-0.4, -0.2) is 73.0 Å². The summed E-state index contributed by atoms with van der Waals surface area (Å²) in [5.41, 5.74) is 1.32. The van der Waals surface area contributed by atoms with E-state index in [1.807, 2.05) is 29.2 Å². The number of hydrogen-bond acceptors (Lipinski definition) is 6. The van der Waals surface area contributed by atoms with Gasteiger partial charge in [0.15, 0.2) is 0 Å². The zero-order valence-corrected chi connectivity index (χ0v) is 18.8. The number of nitrogens with one attached hydrogen (secondary N) is 1. The fraction of sp³-hybridized carbons (Fsp3) is 0.522. The van der Waals surface area contributed by atoms with Crippen LogP contribution >= 0.6 is 11.3 Å². The van der Waals surface area contributed by atoms with Crippen molar-refractivity contribution in [2.45, 2.75) is 25.7 Å². The molecule has 8 heteroatoms. The van der Waals surface area contributed by atoms with E-state index in [0.29, 0.717) is 18.1 Å². The summed E-state index contributed by atoms with van der Waals surface area (Å²) in [5, 5.41) is 5.52. The Morgan fingerprint density at radius 2 is 1.90 bits per heavy atom. The van der Waals surface area contributed by atoms with Crippen LogP contribution in [0, 0.1) is 5.92 Å². The summed E-state index contributed by atoms with van der Waals surface area (Å²) >= 11 is 1.44. The number of rotatable bonds is 7. The van der Waals surface area contributed by atoms with Gasteiger partial charge in [0.2, 0.25) is 5.91 Å². The molecule has 7 nitrogen and oxygen atoms in total. The maximum absolute atomic E-state index is 12.5. The van der Waals surface area contributed by atoms with Gasteiger partial charge in [0, 0.05) is 50.6 Å². The molecule has 0 atom stereocenters. The number of piperazine rings is 1. The second-order valence-corrected chi connectivity index (χ2v) is 9.00. The Bertz CT molecular complexity index is 902. The predicted molar refractivity (Wildman–Crippen MR) is 121 cm³/mol. The van der Waals surface area contributed by atoms with Crippen molar-refractivity contribution in [2.24, 2.45) is 5.92 Å². The minimum atomic E-state index is -0.160. The van der Waals surface area contributed by atoms with E-state index in [4.69, 9.17) is 4.74 Å². The molecule has 0 bridgehead atoms. The van der Waals surface area contributed by atoms with Crippen LogP contribution in [0.2, 0.25) is 0 Å². The summed E-state index contributed by atoms with van der Waals surface area (Å²) in [6, 6.07) is 7.67. The van der Waals surface area contributed by atoms with Crippen molar-refractivity contribution in [2.75, 3.05) is 46.4 Å². The van der Waals surface area contributed by atoms with E-state index in [-0.39, 0.29) is 11.8 Å². The number of methoxy groups -OCH3 is 1. The van der Waals surface area contributed by atoms with E-state index in [9.17, 15) is 9.59 Å². The third kappa shape index (κ3) is 5.25. The van der Waals surface area contributed by atoms with E-state index < -0.39 is 0 Å². The summed E-state index contributed by atoms with van der Waals surface area (Å²) in [7, 11) is 1.63. The van der Waals surface area contributed by atoms with Gasteiger partial charge in [-0.05, 0) is 25.0 Å². The number of carbonyl (C=O) groups excluding carboxylic acids is 2. The number of hydrogen-bond donors (Lipinski definition) is 1. The molecule has 0 radical (unpaired) electrons. The monoisotopic (exact) mass is 442 g/mol. The molecule has 1 N–H and O–H groups in total. The fourth-order valence-electron chi connectivity index (χ4n) is 4.36. The zero-order valence-electron chi connectivity index (χ0n) is 18.0. The predicted octanol–water partition coefficient (Wildman–Crippen LogP) is 2.88. The van der Waals surface area contributed by atoms with Crippen molar-refractivity contribution in [3.8, 4) is 16.3 Å². The number of para-hydroxylation sites is 1. The first-order valence-electron chi connectivity index (χ1n) is 11.0. The first-order chi connectivity index (χ1) is 15.2. The van der Waals surface area contributed by atoms with Gasteiger partial charge in [-0.25, -0.2) is 4.98 Å². The number of carbonyl (C=O) groups is 2. The number of thiazole rings is 1. The molecule has 166 valence electrons. The summed E-state index contributed by atoms with van der Waals surface area (Å²) in [6.07, 6.45) is 4.49. The lowest BCUT2D eigenvalue weighted by Crippen LogP contribution is -2.51. The van der Waals surface area contributed by atoms with Gasteiger partial charge in [-0.3, -0.25) is 14.5 Å². The third-order valence-electron chi connectivity index (χ3n) is 6.18. The molecular weight excluding hydrogens is 412 g/mol. The molecule has 1 saturated carbocycles. The molecule has 2 heterocycles. The molecule has 1 aromatic heterocycles. The molecule has 0 unspecified atom stereocenters. The van der Waals surface area contributed by atoms with Gasteiger partial charge < -0.3 is 15.0 Å². The lowest BCUT2D eigenvalue weighted by Gasteiger charge is -2.36. The maximum atomic E-state index is 12.5. The van der Waals surface area contributed by atoms with Gasteiger partial charge in [0.1, 0.15) is 16.5 Å². The highest BCUT2D eigenvalue weighted by Crippen LogP contribution is 2.31. The van der Waals surface area contributed by atoms with Gasteiger partial charge in [0.05, 0.1) is 12.7 Å². The Hall–Kier alpha value is -2.45. The molecule has 2 amide bonds. The highest BCUT2D eigenvalue weighted by Gasteiger charge is 2.29. The Kier molecular flexibility index (Phi) is 7.19. The summed E-state index contributed by atoms with van der Waals surface area (Å²) < 4.78 is 5.39. The minimum Gasteiger partial charge on any atom is -0.496 e. The highest BCUT2D eigenvalue weighted by molar-refractivity contribution is 7.13. The molecule has 1 aliphatic heterocycles. The number of amides is 2. The second-order valence-electron chi connectivity index (χ2n) is 8.14. The zero-order chi connectivity index (χ0) is 21.6. The van der Waals surface area contributed by atoms with E-state index in [1.54, 1.807) is 12.5 Å². The van der Waals surface area contributed by atoms with Crippen LogP contribution in [0.3, 0.4) is 0 Å². The van der Waals surface area contributed by atoms with Crippen molar-refractivity contribution in [1.82, 2.24) is 20.1 Å². The average Bonchev–Trinajstić information content (AvgIpc) is 3.51. The number of benzene rings is 1. The van der Waals surface area contributed by atoms with E-state index in [2.05, 4.69) is 15.2 Å². The fourth-order valence-corrected chi connectivity index (χ4v) is 5.19. The quantitative estimate of drug-likeness (QED) is 0.714. The standard InChI is InChI=1S/C23H30N4O3S/c1-30-20-9-5-4-8-18(20)22-25-19(16-31-22)21(28)24-10-11-26-12-14-27(15-13-26)23(29)17-6-2-3-7-17/h4-5,8-9,16-17H,2-3,6-7,10-15H2,1H3,(H,24,28). The second kappa shape index (κ2) is 10.2. The summed E-state index contributed by atoms with van der Waals surface area (Å²) in [6.45, 7) is 4.65. The van der Waals surface area contributed by atoms with E-state index in [1.165, 1.54) is 24.2 Å². The van der Waals surface area contributed by atoms with Crippen molar-refractivity contribution in [3.63, 3.8) is 0 Å². The van der Waals surface area contributed by atoms with Crippen LogP contribution in [0.5, 0.6) is 5.75 Å². The molecular formula is C23H30N4O3S. The largest absolute Gasteiger partial charge is 0.496 e. The molecule has 0 spiro atoms. The van der Waals surface area contributed by atoms with Crippen LogP contribution in [-0.2, 0) is 4.79 Å². The van der Waals surface area contributed by atoms with Crippen molar-refractivity contribution < 1.29 is 14.3 Å². The number of aromatic nitrogens is 1. The average molecular weight is 443 g/mol. The van der Waals surface area contributed by atoms with Crippen molar-refractivity contribution in [3.05, 3.63) is 35.3 Å². The molecule has 1 aliphatic carbocycles. The molecule has 2 aliphatic rings. The third-order valence-corrected chi connectivity index (χ3v) is 7.05. The Morgan fingerprint density at radius 1 is 1.16 bits per heavy atom. The molecule has 1 aromatic carbocycles. The molecule has 4 rings (SSSR count). The van der Waals surface area contributed by atoms with Gasteiger partial charge >= 0.3 is 0 Å². The van der Waals surface area contributed by atoms with Crippen molar-refractivity contribution >= 4 is 23.2 Å². The van der Waals surface area contributed by atoms with E-state index in [0.717, 1.165) is 61.9 Å². The van der Waals surface area contributed by atoms with Crippen LogP contribution in [0.15, 0.2) is 29.6 Å². The van der Waals surface area contributed by atoms with Gasteiger partial charge in [0.25, 0.3) is 5.91 Å². The Labute approximate surface area is 187 Å². The van der Waals surface area contributed by atoms with Gasteiger partial charge in [-0.1, -0.05) is 25.0 Å². The first kappa shape index (κ1) is 21.8. The minimum absolute atomic E-state index is 0.160. The summed E-state index contributed by atoms with van der Waals surface area (Å²) in [4.78, 5) is 33.9. The molecule has 2 fully saturated rings. The van der Waals surface area contributed by atoms with Crippen LogP contribution in [0.1, 0.15) is 36.2 Å². The lowest BCUT2D eigenvalue weighted by molar-refractivity contribution is -0.137. The first-order valence-corrected chi connectivity index (χ1v) is 11.9. The lowest BCUT2D eigenvalue weighted by atomic mass is 10.1. The van der Waals surface area contributed by atoms with Crippen LogP contribution < -0.4 is 10.1 Å². The van der Waals surface area contributed by atoms with E-state index >= 15 is 0 Å². The molecule has 31 heavy (non-hydrogen) atoms. The number of nitrogens with zero attached hydrogens (tertiary/aromatic N) is 3. The number of ether oxygens (including phenoxy) is 1. The van der Waals surface area contributed by atoms with Crippen LogP contribution in [0.25, 0.3) is 10.6 Å². The smallest absolute Gasteiger partial charge is 0.270 e. The summed E-state index contributed by atoms with van der Waals surface area (Å²) in [5.74, 6) is 1.19. The molecule has 2 aromatic rings. The normalized spacial score (nSPS) is 17.6. The Morgan fingerprint density at radius 3 is 2.65 bits per heavy atom. The molecule has 1 saturated heterocycles. The highest BCUT2D eigenvalue weighted by atomic mass is 32.1. The van der Waals surface area contributed by atoms with Crippen molar-refractivity contribution in [1.29, 1.82) is 0 Å². The SMILES string of the molecule is COc1ccccc1-c1nc(C(=O)NCCN2CCN(C(=O)C3CCCC3)CC2)cs1. The van der Waals surface area contributed by atoms with Gasteiger partial charge in [-0.2, -0.15) is 0 Å².